The topological polar surface area (TPSA) is 99.3 Å². The van der Waals surface area contributed by atoms with Gasteiger partial charge in [0.05, 0.1) is 23.8 Å². The average Bonchev–Trinajstić information content (AvgIpc) is 3.53. The van der Waals surface area contributed by atoms with E-state index in [1.807, 2.05) is 24.3 Å². The number of aryl methyl sites for hydroxylation is 1. The lowest BCUT2D eigenvalue weighted by atomic mass is 9.98. The fourth-order valence-corrected chi connectivity index (χ4v) is 5.15. The Hall–Kier alpha value is -2.91. The van der Waals surface area contributed by atoms with Gasteiger partial charge in [-0.1, -0.05) is 30.2 Å². The van der Waals surface area contributed by atoms with E-state index >= 15 is 0 Å². The molecule has 1 aromatic heterocycles. The van der Waals surface area contributed by atoms with Crippen molar-refractivity contribution in [2.24, 2.45) is 5.28 Å². The van der Waals surface area contributed by atoms with Crippen molar-refractivity contribution in [3.63, 3.8) is 0 Å². The molecule has 2 aromatic rings. The highest BCUT2D eigenvalue weighted by Gasteiger charge is 2.40. The first-order valence-electron chi connectivity index (χ1n) is 12.2. The first-order chi connectivity index (χ1) is 17.0. The summed E-state index contributed by atoms with van der Waals surface area (Å²) in [7, 11) is 0. The van der Waals surface area contributed by atoms with Crippen molar-refractivity contribution in [3.8, 4) is 5.75 Å². The average molecular weight is 501 g/mol. The van der Waals surface area contributed by atoms with Crippen molar-refractivity contribution >= 4 is 17.6 Å². The SMILES string of the molecule is Cc1ncc2c(c1OC(=O)[C@@H]1CCCN1[N+]([O-])=NOC1CCCCC1)CO[C@H]2c1ccc(Cl)cc1. The molecule has 10 heteroatoms. The molecule has 1 aromatic carbocycles. The van der Waals surface area contributed by atoms with Gasteiger partial charge in [0.15, 0.2) is 11.8 Å². The van der Waals surface area contributed by atoms with E-state index in [9.17, 15) is 10.0 Å². The minimum atomic E-state index is -0.740. The maximum atomic E-state index is 13.2. The lowest BCUT2D eigenvalue weighted by Crippen LogP contribution is -2.42. The Balaban J connectivity index is 1.31. The molecular formula is C25H29ClN4O5. The Kier molecular flexibility index (Phi) is 7.06. The molecule has 2 aliphatic heterocycles. The van der Waals surface area contributed by atoms with E-state index < -0.39 is 12.0 Å². The molecule has 1 saturated carbocycles. The Bertz CT molecular complexity index is 1100. The monoisotopic (exact) mass is 500 g/mol. The van der Waals surface area contributed by atoms with Crippen LogP contribution in [0.25, 0.3) is 0 Å². The molecular weight excluding hydrogens is 472 g/mol. The summed E-state index contributed by atoms with van der Waals surface area (Å²) < 4.78 is 11.9. The number of fused-ring (bicyclic) bond motifs is 1. The Morgan fingerprint density at radius 3 is 2.74 bits per heavy atom. The van der Waals surface area contributed by atoms with Crippen LogP contribution in [-0.2, 0) is 21.0 Å². The predicted molar refractivity (Wildman–Crippen MR) is 126 cm³/mol. The van der Waals surface area contributed by atoms with Crippen LogP contribution in [0.15, 0.2) is 35.7 Å². The summed E-state index contributed by atoms with van der Waals surface area (Å²) in [5.41, 5.74) is 3.18. The van der Waals surface area contributed by atoms with Gasteiger partial charge in [0, 0.05) is 22.3 Å². The third-order valence-electron chi connectivity index (χ3n) is 6.94. The van der Waals surface area contributed by atoms with Crippen molar-refractivity contribution in [1.82, 2.24) is 9.99 Å². The van der Waals surface area contributed by atoms with Crippen LogP contribution in [0.4, 0.5) is 0 Å². The number of rotatable bonds is 6. The fourth-order valence-electron chi connectivity index (χ4n) is 5.02. The molecule has 2 atom stereocenters. The zero-order chi connectivity index (χ0) is 24.4. The molecule has 0 bridgehead atoms. The second-order valence-corrected chi connectivity index (χ2v) is 9.73. The highest BCUT2D eigenvalue weighted by molar-refractivity contribution is 6.30. The van der Waals surface area contributed by atoms with E-state index in [1.54, 1.807) is 13.1 Å². The molecule has 0 unspecified atom stereocenters. The van der Waals surface area contributed by atoms with Crippen molar-refractivity contribution in [1.29, 1.82) is 0 Å². The third kappa shape index (κ3) is 5.06. The number of aromatic nitrogens is 1. The van der Waals surface area contributed by atoms with Crippen LogP contribution in [0.5, 0.6) is 5.75 Å². The smallest absolute Gasteiger partial charge is 0.340 e. The Labute approximate surface area is 209 Å². The van der Waals surface area contributed by atoms with Gasteiger partial charge in [0.1, 0.15) is 12.2 Å². The molecule has 0 amide bonds. The maximum Gasteiger partial charge on any atom is 0.340 e. The van der Waals surface area contributed by atoms with Crippen LogP contribution < -0.4 is 4.74 Å². The Morgan fingerprint density at radius 1 is 1.20 bits per heavy atom. The minimum absolute atomic E-state index is 0.0394. The summed E-state index contributed by atoms with van der Waals surface area (Å²) in [6.07, 6.45) is 7.72. The molecule has 5 rings (SSSR count). The van der Waals surface area contributed by atoms with Gasteiger partial charge >= 0.3 is 5.97 Å². The van der Waals surface area contributed by atoms with Gasteiger partial charge in [-0.25, -0.2) is 4.79 Å². The van der Waals surface area contributed by atoms with Crippen molar-refractivity contribution in [3.05, 3.63) is 63.1 Å². The number of carbonyl (C=O) groups is 1. The number of hydrogen-bond acceptors (Lipinski definition) is 7. The number of carbonyl (C=O) groups excluding carboxylic acids is 1. The summed E-state index contributed by atoms with van der Waals surface area (Å²) in [5, 5.41) is 18.4. The number of esters is 1. The number of hydrazine groups is 1. The van der Waals surface area contributed by atoms with Gasteiger partial charge in [-0.3, -0.25) is 4.98 Å². The van der Waals surface area contributed by atoms with E-state index in [1.165, 1.54) is 11.4 Å². The lowest BCUT2D eigenvalue weighted by molar-refractivity contribution is -0.713. The highest BCUT2D eigenvalue weighted by atomic mass is 35.5. The van der Waals surface area contributed by atoms with Crippen LogP contribution in [0.2, 0.25) is 5.02 Å². The van der Waals surface area contributed by atoms with Gasteiger partial charge in [-0.05, 0) is 63.1 Å². The maximum absolute atomic E-state index is 13.2. The minimum Gasteiger partial charge on any atom is -0.569 e. The van der Waals surface area contributed by atoms with E-state index in [4.69, 9.17) is 25.9 Å². The summed E-state index contributed by atoms with van der Waals surface area (Å²) in [6.45, 7) is 2.49. The molecule has 1 aliphatic carbocycles. The first-order valence-corrected chi connectivity index (χ1v) is 12.6. The fraction of sp³-hybridized carbons (Fsp3) is 0.520. The van der Waals surface area contributed by atoms with Gasteiger partial charge in [-0.2, -0.15) is 0 Å². The summed E-state index contributed by atoms with van der Waals surface area (Å²) in [6, 6.07) is 6.70. The molecule has 0 spiro atoms. The summed E-state index contributed by atoms with van der Waals surface area (Å²) >= 11 is 6.02. The standard InChI is InChI=1S/C25H29ClN4O5/c1-16-23(21-15-33-24(20(21)14-27-16)17-9-11-18(26)12-10-17)34-25(31)22-8-5-13-29(22)30(32)28-35-19-6-3-2-4-7-19/h9-12,14,19,22,24H,2-8,13,15H2,1H3/t22-,24-/m0/s1. The lowest BCUT2D eigenvalue weighted by Gasteiger charge is -2.21. The van der Waals surface area contributed by atoms with Crippen molar-refractivity contribution in [2.45, 2.75) is 76.7 Å². The van der Waals surface area contributed by atoms with E-state index in [-0.39, 0.29) is 12.2 Å². The van der Waals surface area contributed by atoms with Crippen LogP contribution in [0.1, 0.15) is 73.4 Å². The highest BCUT2D eigenvalue weighted by Crippen LogP contribution is 2.41. The second-order valence-electron chi connectivity index (χ2n) is 9.29. The van der Waals surface area contributed by atoms with Crippen molar-refractivity contribution < 1.29 is 24.1 Å². The number of pyridine rings is 1. The van der Waals surface area contributed by atoms with Gasteiger partial charge in [0.2, 0.25) is 5.28 Å². The Morgan fingerprint density at radius 2 is 1.97 bits per heavy atom. The molecule has 0 N–H and O–H groups in total. The second kappa shape index (κ2) is 10.4. The molecule has 186 valence electrons. The molecule has 3 heterocycles. The first kappa shape index (κ1) is 23.8. The zero-order valence-electron chi connectivity index (χ0n) is 19.7. The summed E-state index contributed by atoms with van der Waals surface area (Å²) in [5.74, 6) is -0.117. The van der Waals surface area contributed by atoms with Gasteiger partial charge in [-0.15, -0.1) is 5.01 Å². The van der Waals surface area contributed by atoms with E-state index in [2.05, 4.69) is 10.3 Å². The third-order valence-corrected chi connectivity index (χ3v) is 7.19. The van der Waals surface area contributed by atoms with Gasteiger partial charge in [0.25, 0.3) is 0 Å². The molecule has 2 fully saturated rings. The molecule has 9 nitrogen and oxygen atoms in total. The van der Waals surface area contributed by atoms with Crippen molar-refractivity contribution in [2.75, 3.05) is 6.54 Å². The van der Waals surface area contributed by atoms with Crippen LogP contribution in [0.3, 0.4) is 0 Å². The van der Waals surface area contributed by atoms with Crippen LogP contribution in [-0.4, -0.2) is 39.6 Å². The van der Waals surface area contributed by atoms with Crippen LogP contribution in [0, 0.1) is 12.1 Å². The molecule has 0 radical (unpaired) electrons. The number of halogens is 1. The number of hydrogen-bond donors (Lipinski definition) is 0. The van der Waals surface area contributed by atoms with E-state index in [0.717, 1.165) is 42.4 Å². The van der Waals surface area contributed by atoms with Gasteiger partial charge < -0.3 is 19.5 Å². The normalized spacial score (nSPS) is 22.8. The number of benzene rings is 1. The largest absolute Gasteiger partial charge is 0.569 e. The summed E-state index contributed by atoms with van der Waals surface area (Å²) in [4.78, 5) is 23.5. The number of ether oxygens (including phenoxy) is 2. The molecule has 1 saturated heterocycles. The predicted octanol–water partition coefficient (Wildman–Crippen LogP) is 5.17. The van der Waals surface area contributed by atoms with E-state index in [0.29, 0.717) is 47.4 Å². The molecule has 35 heavy (non-hydrogen) atoms. The van der Waals surface area contributed by atoms with Crippen LogP contribution >= 0.6 is 11.6 Å². The molecule has 3 aliphatic rings. The quantitative estimate of drug-likeness (QED) is 0.233. The number of nitrogens with zero attached hydrogens (tertiary/aromatic N) is 4. The zero-order valence-corrected chi connectivity index (χ0v) is 20.4.